The number of hydrogen-bond acceptors (Lipinski definition) is 3. The fourth-order valence-electron chi connectivity index (χ4n) is 1.52. The van der Waals surface area contributed by atoms with E-state index in [-0.39, 0.29) is 11.9 Å². The van der Waals surface area contributed by atoms with E-state index in [2.05, 4.69) is 17.3 Å². The molecule has 0 aliphatic carbocycles. The predicted octanol–water partition coefficient (Wildman–Crippen LogP) is -0.0798. The van der Waals surface area contributed by atoms with Gasteiger partial charge >= 0.3 is 0 Å². The van der Waals surface area contributed by atoms with Gasteiger partial charge in [0.15, 0.2) is 0 Å². The smallest absolute Gasteiger partial charge is 0.234 e. The highest BCUT2D eigenvalue weighted by Crippen LogP contribution is 1.99. The van der Waals surface area contributed by atoms with Gasteiger partial charge in [-0.3, -0.25) is 16.7 Å². The normalized spacial score (nSPS) is 20.0. The second-order valence-electron chi connectivity index (χ2n) is 4.12. The number of hydrogen-bond donors (Lipinski definition) is 1. The largest absolute Gasteiger partial charge is 0.457 e. The van der Waals surface area contributed by atoms with Crippen LogP contribution in [0, 0.1) is 7.05 Å². The van der Waals surface area contributed by atoms with Crippen LogP contribution in [0.3, 0.4) is 0 Å². The number of nitrogens with one attached hydrogen (secondary N) is 1. The molecular weight excluding hydrogens is 178 g/mol. The molecule has 0 radical (unpaired) electrons. The highest BCUT2D eigenvalue weighted by molar-refractivity contribution is 5.78. The van der Waals surface area contributed by atoms with E-state index in [9.17, 15) is 4.79 Å². The van der Waals surface area contributed by atoms with Gasteiger partial charge in [0, 0.05) is 19.1 Å². The lowest BCUT2D eigenvalue weighted by atomic mass is 10.3. The summed E-state index contributed by atoms with van der Waals surface area (Å²) in [6, 6.07) is 0.233. The topological polar surface area (TPSA) is 35.6 Å². The first-order chi connectivity index (χ1) is 6.58. The van der Waals surface area contributed by atoms with Crippen LogP contribution in [0.4, 0.5) is 0 Å². The van der Waals surface area contributed by atoms with Gasteiger partial charge in [0.2, 0.25) is 5.91 Å². The van der Waals surface area contributed by atoms with Crippen molar-refractivity contribution < 1.29 is 4.79 Å². The summed E-state index contributed by atoms with van der Waals surface area (Å²) in [7, 11) is 3.87. The molecule has 1 aliphatic rings. The molecule has 0 saturated carbocycles. The Morgan fingerprint density at radius 3 is 2.43 bits per heavy atom. The van der Waals surface area contributed by atoms with E-state index in [0.29, 0.717) is 6.54 Å². The Bertz CT molecular complexity index is 186. The molecule has 1 N–H and O–H groups in total. The van der Waals surface area contributed by atoms with Gasteiger partial charge in [-0.2, -0.15) is 0 Å². The fourth-order valence-corrected chi connectivity index (χ4v) is 1.52. The van der Waals surface area contributed by atoms with Crippen LogP contribution in [-0.4, -0.2) is 54.5 Å². The number of rotatable bonds is 3. The Hall–Kier alpha value is -0.610. The molecule has 82 valence electrons. The molecule has 1 aliphatic heterocycles. The summed E-state index contributed by atoms with van der Waals surface area (Å²) in [6.07, 6.45) is 0. The third-order valence-corrected chi connectivity index (χ3v) is 2.28. The van der Waals surface area contributed by atoms with E-state index in [1.165, 1.54) is 0 Å². The number of carbonyl (C=O) groups excluding carboxylic acids is 1. The van der Waals surface area contributed by atoms with E-state index in [0.717, 1.165) is 26.2 Å². The van der Waals surface area contributed by atoms with Crippen molar-refractivity contribution in [1.82, 2.24) is 15.1 Å². The van der Waals surface area contributed by atoms with Gasteiger partial charge in [-0.15, -0.1) is 0 Å². The summed E-state index contributed by atoms with van der Waals surface area (Å²) >= 11 is 0. The second kappa shape index (κ2) is 5.32. The van der Waals surface area contributed by atoms with E-state index >= 15 is 0 Å². The molecule has 0 atom stereocenters. The average Bonchev–Trinajstić information content (AvgIpc) is 2.07. The summed E-state index contributed by atoms with van der Waals surface area (Å²) < 4.78 is 0. The van der Waals surface area contributed by atoms with Crippen molar-refractivity contribution in [3.63, 3.8) is 0 Å². The third-order valence-electron chi connectivity index (χ3n) is 2.28. The number of nitrogens with zero attached hydrogens (tertiary/aromatic N) is 2. The molecule has 4 nitrogen and oxygen atoms in total. The summed E-state index contributed by atoms with van der Waals surface area (Å²) in [4.78, 5) is 15.6. The molecule has 1 amide bonds. The van der Waals surface area contributed by atoms with Crippen LogP contribution >= 0.6 is 0 Å². The van der Waals surface area contributed by atoms with Crippen LogP contribution in [0.25, 0.3) is 0 Å². The monoisotopic (exact) mass is 198 g/mol. The fraction of sp³-hybridized carbons (Fsp3) is 0.800. The van der Waals surface area contributed by atoms with E-state index in [4.69, 9.17) is 0 Å². The Morgan fingerprint density at radius 2 is 1.93 bits per heavy atom. The molecule has 14 heavy (non-hydrogen) atoms. The quantitative estimate of drug-likeness (QED) is 0.644. The first-order valence-corrected chi connectivity index (χ1v) is 5.15. The molecular formula is C10H20N3O-. The molecule has 0 spiro atoms. The molecule has 0 aromatic carbocycles. The minimum Gasteiger partial charge on any atom is -0.457 e. The lowest BCUT2D eigenvalue weighted by molar-refractivity contribution is -0.123. The Morgan fingerprint density at radius 1 is 1.36 bits per heavy atom. The molecule has 0 aromatic rings. The van der Waals surface area contributed by atoms with Crippen LogP contribution in [0.1, 0.15) is 13.8 Å². The standard InChI is InChI=1S/C10H20N3O/c1-9(2)11-10(14)8-13-6-4-12(3)5-7-13/h9H,3-8H2,1-2H3,(H,11,14)/q-1. The van der Waals surface area contributed by atoms with Crippen molar-refractivity contribution in [3.05, 3.63) is 7.05 Å². The van der Waals surface area contributed by atoms with Gasteiger partial charge in [-0.25, -0.2) is 0 Å². The molecule has 1 rings (SSSR count). The van der Waals surface area contributed by atoms with Gasteiger partial charge < -0.3 is 10.2 Å². The van der Waals surface area contributed by atoms with Crippen molar-refractivity contribution in [2.45, 2.75) is 19.9 Å². The zero-order chi connectivity index (χ0) is 10.6. The Kier molecular flexibility index (Phi) is 4.35. The number of amides is 1. The van der Waals surface area contributed by atoms with Crippen molar-refractivity contribution in [3.8, 4) is 0 Å². The average molecular weight is 198 g/mol. The van der Waals surface area contributed by atoms with Crippen LogP contribution in [0.15, 0.2) is 0 Å². The Labute approximate surface area is 86.2 Å². The molecule has 1 heterocycles. The summed E-state index contributed by atoms with van der Waals surface area (Å²) in [6.45, 7) is 8.26. The maximum Gasteiger partial charge on any atom is 0.234 e. The summed E-state index contributed by atoms with van der Waals surface area (Å²) in [5.41, 5.74) is 0. The van der Waals surface area contributed by atoms with Crippen molar-refractivity contribution in [1.29, 1.82) is 0 Å². The lowest BCUT2D eigenvalue weighted by Crippen LogP contribution is -2.48. The zero-order valence-electron chi connectivity index (χ0n) is 9.12. The van der Waals surface area contributed by atoms with Crippen molar-refractivity contribution in [2.24, 2.45) is 0 Å². The molecule has 0 bridgehead atoms. The number of carbonyl (C=O) groups is 1. The van der Waals surface area contributed by atoms with Gasteiger partial charge in [0.05, 0.1) is 6.54 Å². The highest BCUT2D eigenvalue weighted by Gasteiger charge is 2.14. The third kappa shape index (κ3) is 4.07. The maximum absolute atomic E-state index is 11.4. The van der Waals surface area contributed by atoms with E-state index in [1.807, 2.05) is 18.7 Å². The highest BCUT2D eigenvalue weighted by atomic mass is 16.2. The first kappa shape index (κ1) is 11.5. The molecule has 0 unspecified atom stereocenters. The second-order valence-corrected chi connectivity index (χ2v) is 4.12. The van der Waals surface area contributed by atoms with E-state index in [1.54, 1.807) is 0 Å². The zero-order valence-corrected chi connectivity index (χ0v) is 9.12. The molecule has 0 aromatic heterocycles. The maximum atomic E-state index is 11.4. The van der Waals surface area contributed by atoms with Crippen LogP contribution in [-0.2, 0) is 4.79 Å². The molecule has 4 heteroatoms. The SMILES string of the molecule is [CH2-]N1CCN(CC(=O)NC(C)C)CC1. The van der Waals surface area contributed by atoms with Crippen LogP contribution in [0.2, 0.25) is 0 Å². The summed E-state index contributed by atoms with van der Waals surface area (Å²) in [5, 5.41) is 2.89. The van der Waals surface area contributed by atoms with Gasteiger partial charge in [-0.05, 0) is 26.9 Å². The van der Waals surface area contributed by atoms with Crippen molar-refractivity contribution in [2.75, 3.05) is 32.7 Å². The van der Waals surface area contributed by atoms with E-state index < -0.39 is 0 Å². The van der Waals surface area contributed by atoms with Crippen LogP contribution < -0.4 is 5.32 Å². The predicted molar refractivity (Wildman–Crippen MR) is 56.6 cm³/mol. The number of piperazine rings is 1. The molecule has 1 saturated heterocycles. The lowest BCUT2D eigenvalue weighted by Gasteiger charge is -2.36. The van der Waals surface area contributed by atoms with Crippen LogP contribution in [0.5, 0.6) is 0 Å². The Balaban J connectivity index is 2.20. The minimum atomic E-state index is 0.123. The minimum absolute atomic E-state index is 0.123. The van der Waals surface area contributed by atoms with Gasteiger partial charge in [0.1, 0.15) is 0 Å². The summed E-state index contributed by atoms with van der Waals surface area (Å²) in [5.74, 6) is 0.123. The van der Waals surface area contributed by atoms with Gasteiger partial charge in [0.25, 0.3) is 0 Å². The van der Waals surface area contributed by atoms with Crippen molar-refractivity contribution >= 4 is 5.91 Å². The molecule has 1 fully saturated rings. The first-order valence-electron chi connectivity index (χ1n) is 5.15. The van der Waals surface area contributed by atoms with Gasteiger partial charge in [-0.1, -0.05) is 0 Å².